The largest absolute Gasteiger partial charge is 0.483 e. The third-order valence-corrected chi connectivity index (χ3v) is 6.58. The topological polar surface area (TPSA) is 65.1 Å². The second kappa shape index (κ2) is 12.6. The van der Waals surface area contributed by atoms with Gasteiger partial charge in [-0.25, -0.2) is 0 Å². The predicted molar refractivity (Wildman–Crippen MR) is 136 cm³/mol. The Hall–Kier alpha value is -2.03. The Labute approximate surface area is 215 Å². The monoisotopic (exact) mass is 526 g/mol. The number of carbonyl (C=O) groups is 2. The summed E-state index contributed by atoms with van der Waals surface area (Å²) in [4.78, 5) is 30.7. The fraction of sp³-hybridized carbons (Fsp3) is 0.417. The molecule has 1 N–H and O–H groups in total. The SMILES string of the molecule is CN(C)C(=O)COc1cc(Cl)ccc1C(=O)NCCN1CCN(Cc2ccc(Cl)c(Cl)c2)CC1. The Balaban J connectivity index is 1.44. The number of amides is 2. The molecule has 2 aromatic rings. The van der Waals surface area contributed by atoms with Crippen molar-refractivity contribution in [3.8, 4) is 5.75 Å². The van der Waals surface area contributed by atoms with Crippen LogP contribution in [0.2, 0.25) is 15.1 Å². The minimum atomic E-state index is -0.262. The van der Waals surface area contributed by atoms with Gasteiger partial charge in [-0.05, 0) is 35.9 Å². The molecule has 0 aliphatic carbocycles. The molecule has 184 valence electrons. The molecule has 0 radical (unpaired) electrons. The first-order valence-corrected chi connectivity index (χ1v) is 12.2. The van der Waals surface area contributed by atoms with Crippen LogP contribution in [-0.4, -0.2) is 86.5 Å². The van der Waals surface area contributed by atoms with E-state index < -0.39 is 0 Å². The number of nitrogens with zero attached hydrogens (tertiary/aromatic N) is 3. The van der Waals surface area contributed by atoms with Gasteiger partial charge in [-0.3, -0.25) is 19.4 Å². The number of ether oxygens (including phenoxy) is 1. The highest BCUT2D eigenvalue weighted by Crippen LogP contribution is 2.24. The molecule has 1 heterocycles. The van der Waals surface area contributed by atoms with Crippen LogP contribution in [0.5, 0.6) is 5.75 Å². The van der Waals surface area contributed by atoms with Gasteiger partial charge in [0.15, 0.2) is 6.61 Å². The molecular weight excluding hydrogens is 499 g/mol. The molecule has 2 amide bonds. The quantitative estimate of drug-likeness (QED) is 0.539. The summed E-state index contributed by atoms with van der Waals surface area (Å²) in [6, 6.07) is 10.5. The zero-order valence-electron chi connectivity index (χ0n) is 19.3. The lowest BCUT2D eigenvalue weighted by molar-refractivity contribution is -0.130. The first-order chi connectivity index (χ1) is 16.2. The van der Waals surface area contributed by atoms with Crippen molar-refractivity contribution in [2.75, 3.05) is 60.0 Å². The average Bonchev–Trinajstić information content (AvgIpc) is 2.81. The van der Waals surface area contributed by atoms with Crippen molar-refractivity contribution in [1.29, 1.82) is 0 Å². The standard InChI is InChI=1S/C24H29Cl3N4O3/c1-29(2)23(32)16-34-22-14-18(25)4-5-19(22)24(33)28-7-8-30-9-11-31(12-10-30)15-17-3-6-20(26)21(27)13-17/h3-6,13-14H,7-12,15-16H2,1-2H3,(H,28,33). The van der Waals surface area contributed by atoms with Crippen molar-refractivity contribution in [3.05, 3.63) is 62.6 Å². The number of hydrogen-bond donors (Lipinski definition) is 1. The third-order valence-electron chi connectivity index (χ3n) is 5.61. The Kier molecular flexibility index (Phi) is 9.85. The minimum absolute atomic E-state index is 0.167. The van der Waals surface area contributed by atoms with Crippen LogP contribution in [0.3, 0.4) is 0 Å². The van der Waals surface area contributed by atoms with Crippen LogP contribution in [0.4, 0.5) is 0 Å². The van der Waals surface area contributed by atoms with Crippen molar-refractivity contribution < 1.29 is 14.3 Å². The van der Waals surface area contributed by atoms with Crippen LogP contribution in [0.25, 0.3) is 0 Å². The van der Waals surface area contributed by atoms with Gasteiger partial charge in [0.05, 0.1) is 15.6 Å². The maximum atomic E-state index is 12.7. The van der Waals surface area contributed by atoms with E-state index in [1.807, 2.05) is 18.2 Å². The highest BCUT2D eigenvalue weighted by molar-refractivity contribution is 6.42. The number of likely N-dealkylation sites (N-methyl/N-ethyl adjacent to an activating group) is 1. The molecule has 0 saturated carbocycles. The Morgan fingerprint density at radius 1 is 0.971 bits per heavy atom. The molecule has 0 unspecified atom stereocenters. The molecule has 2 aromatic carbocycles. The minimum Gasteiger partial charge on any atom is -0.483 e. The lowest BCUT2D eigenvalue weighted by Crippen LogP contribution is -2.48. The number of nitrogens with one attached hydrogen (secondary N) is 1. The molecule has 3 rings (SSSR count). The van der Waals surface area contributed by atoms with Gasteiger partial charge in [-0.2, -0.15) is 0 Å². The van der Waals surface area contributed by atoms with E-state index in [0.717, 1.165) is 44.8 Å². The Morgan fingerprint density at radius 3 is 2.35 bits per heavy atom. The van der Waals surface area contributed by atoms with Crippen molar-refractivity contribution >= 4 is 46.6 Å². The molecular formula is C24H29Cl3N4O3. The molecule has 34 heavy (non-hydrogen) atoms. The van der Waals surface area contributed by atoms with Crippen molar-refractivity contribution in [2.24, 2.45) is 0 Å². The summed E-state index contributed by atoms with van der Waals surface area (Å²) in [7, 11) is 3.29. The molecule has 0 spiro atoms. The van der Waals surface area contributed by atoms with Crippen molar-refractivity contribution in [2.45, 2.75) is 6.54 Å². The first kappa shape index (κ1) is 26.6. The summed E-state index contributed by atoms with van der Waals surface area (Å²) in [5, 5.41) is 4.51. The number of rotatable bonds is 9. The number of carbonyl (C=O) groups excluding carboxylic acids is 2. The van der Waals surface area contributed by atoms with Gasteiger partial charge >= 0.3 is 0 Å². The first-order valence-electron chi connectivity index (χ1n) is 11.0. The van der Waals surface area contributed by atoms with Crippen molar-refractivity contribution in [3.63, 3.8) is 0 Å². The maximum absolute atomic E-state index is 12.7. The van der Waals surface area contributed by atoms with E-state index in [1.54, 1.807) is 32.3 Å². The smallest absolute Gasteiger partial charge is 0.259 e. The number of benzene rings is 2. The fourth-order valence-electron chi connectivity index (χ4n) is 3.56. The van der Waals surface area contributed by atoms with E-state index in [4.69, 9.17) is 39.5 Å². The lowest BCUT2D eigenvalue weighted by atomic mass is 10.2. The maximum Gasteiger partial charge on any atom is 0.259 e. The average molecular weight is 528 g/mol. The second-order valence-corrected chi connectivity index (χ2v) is 9.59. The highest BCUT2D eigenvalue weighted by Gasteiger charge is 2.19. The van der Waals surface area contributed by atoms with E-state index in [-0.39, 0.29) is 24.2 Å². The van der Waals surface area contributed by atoms with E-state index in [9.17, 15) is 9.59 Å². The molecule has 1 aliphatic heterocycles. The van der Waals surface area contributed by atoms with Gasteiger partial charge in [-0.1, -0.05) is 40.9 Å². The molecule has 0 aromatic heterocycles. The van der Waals surface area contributed by atoms with Gasteiger partial charge in [-0.15, -0.1) is 0 Å². The molecule has 1 fully saturated rings. The molecule has 1 saturated heterocycles. The lowest BCUT2D eigenvalue weighted by Gasteiger charge is -2.34. The van der Waals surface area contributed by atoms with Gasteiger partial charge < -0.3 is 15.0 Å². The molecule has 1 aliphatic rings. The van der Waals surface area contributed by atoms with Crippen LogP contribution in [-0.2, 0) is 11.3 Å². The van der Waals surface area contributed by atoms with Crippen molar-refractivity contribution in [1.82, 2.24) is 20.0 Å². The van der Waals surface area contributed by atoms with Gasteiger partial charge in [0.1, 0.15) is 5.75 Å². The van der Waals surface area contributed by atoms with Gasteiger partial charge in [0.25, 0.3) is 11.8 Å². The third kappa shape index (κ3) is 7.75. The van der Waals surface area contributed by atoms with E-state index in [0.29, 0.717) is 27.2 Å². The molecule has 10 heteroatoms. The van der Waals surface area contributed by atoms with E-state index in [2.05, 4.69) is 15.1 Å². The zero-order chi connectivity index (χ0) is 24.7. The normalized spacial score (nSPS) is 14.6. The van der Waals surface area contributed by atoms with E-state index in [1.165, 1.54) is 4.90 Å². The van der Waals surface area contributed by atoms with Crippen LogP contribution in [0.15, 0.2) is 36.4 Å². The Morgan fingerprint density at radius 2 is 1.68 bits per heavy atom. The second-order valence-electron chi connectivity index (χ2n) is 8.34. The van der Waals surface area contributed by atoms with Gasteiger partial charge in [0.2, 0.25) is 0 Å². The summed E-state index contributed by atoms with van der Waals surface area (Å²) in [6.45, 7) is 5.61. The summed E-state index contributed by atoms with van der Waals surface area (Å²) in [5.74, 6) is -0.178. The van der Waals surface area contributed by atoms with Crippen LogP contribution >= 0.6 is 34.8 Å². The summed E-state index contributed by atoms with van der Waals surface area (Å²) in [6.07, 6.45) is 0. The number of hydrogen-bond acceptors (Lipinski definition) is 5. The summed E-state index contributed by atoms with van der Waals surface area (Å²) < 4.78 is 5.56. The van der Waals surface area contributed by atoms with Gasteiger partial charge in [0, 0.05) is 64.9 Å². The van der Waals surface area contributed by atoms with E-state index >= 15 is 0 Å². The highest BCUT2D eigenvalue weighted by atomic mass is 35.5. The molecule has 0 atom stereocenters. The summed E-state index contributed by atoms with van der Waals surface area (Å²) in [5.41, 5.74) is 1.49. The van der Waals surface area contributed by atoms with Crippen LogP contribution in [0, 0.1) is 0 Å². The molecule has 0 bridgehead atoms. The predicted octanol–water partition coefficient (Wildman–Crippen LogP) is 3.66. The zero-order valence-corrected chi connectivity index (χ0v) is 21.6. The summed E-state index contributed by atoms with van der Waals surface area (Å²) >= 11 is 18.2. The number of halogens is 3. The van der Waals surface area contributed by atoms with Crippen LogP contribution in [0.1, 0.15) is 15.9 Å². The fourth-order valence-corrected chi connectivity index (χ4v) is 4.04. The Bertz CT molecular complexity index is 1010. The van der Waals surface area contributed by atoms with Crippen LogP contribution < -0.4 is 10.1 Å². The molecule has 7 nitrogen and oxygen atoms in total. The number of piperazine rings is 1.